The van der Waals surface area contributed by atoms with Crippen LogP contribution in [0.15, 0.2) is 23.1 Å². The van der Waals surface area contributed by atoms with E-state index < -0.39 is 21.5 Å². The van der Waals surface area contributed by atoms with Crippen molar-refractivity contribution in [3.05, 3.63) is 29.8 Å². The van der Waals surface area contributed by atoms with Crippen molar-refractivity contribution in [2.45, 2.75) is 24.3 Å². The number of nitrogens with zero attached hydrogens (tertiary/aromatic N) is 1. The second-order valence-electron chi connectivity index (χ2n) is 5.10. The molecule has 4 nitrogen and oxygen atoms in total. The lowest BCUT2D eigenvalue weighted by Crippen LogP contribution is -2.41. The maximum atomic E-state index is 13.1. The number of rotatable bonds is 5. The third-order valence-electron chi connectivity index (χ3n) is 3.56. The highest BCUT2D eigenvalue weighted by Crippen LogP contribution is 2.23. The zero-order valence-corrected chi connectivity index (χ0v) is 13.7. The van der Waals surface area contributed by atoms with Crippen LogP contribution in [0.1, 0.15) is 13.3 Å². The Labute approximate surface area is 132 Å². The molecule has 1 saturated heterocycles. The second kappa shape index (κ2) is 6.95. The van der Waals surface area contributed by atoms with Crippen LogP contribution in [0.3, 0.4) is 0 Å². The van der Waals surface area contributed by atoms with Crippen LogP contribution in [0.5, 0.6) is 0 Å². The van der Waals surface area contributed by atoms with Gasteiger partial charge < -0.3 is 4.90 Å². The average molecular weight is 349 g/mol. The third kappa shape index (κ3) is 4.19. The van der Waals surface area contributed by atoms with Gasteiger partial charge in [0.1, 0.15) is 0 Å². The summed E-state index contributed by atoms with van der Waals surface area (Å²) in [6.07, 6.45) is 0.456. The molecule has 1 fully saturated rings. The van der Waals surface area contributed by atoms with Crippen LogP contribution in [0.2, 0.25) is 0 Å². The molecular formula is C14H17F2NO3S2. The number of amides is 1. The highest BCUT2D eigenvalue weighted by molar-refractivity contribution is 8.00. The lowest BCUT2D eigenvalue weighted by molar-refractivity contribution is -0.129. The van der Waals surface area contributed by atoms with Crippen LogP contribution >= 0.6 is 11.8 Å². The van der Waals surface area contributed by atoms with E-state index in [1.165, 1.54) is 6.07 Å². The molecule has 0 radical (unpaired) electrons. The zero-order chi connectivity index (χ0) is 16.3. The van der Waals surface area contributed by atoms with Crippen LogP contribution in [0, 0.1) is 11.6 Å². The van der Waals surface area contributed by atoms with Gasteiger partial charge in [-0.25, -0.2) is 17.2 Å². The summed E-state index contributed by atoms with van der Waals surface area (Å²) in [7, 11) is -3.05. The van der Waals surface area contributed by atoms with Gasteiger partial charge in [-0.05, 0) is 31.5 Å². The van der Waals surface area contributed by atoms with E-state index >= 15 is 0 Å². The molecule has 1 aliphatic rings. The highest BCUT2D eigenvalue weighted by Gasteiger charge is 2.33. The van der Waals surface area contributed by atoms with E-state index in [1.54, 1.807) is 11.8 Å². The van der Waals surface area contributed by atoms with Gasteiger partial charge in [0.25, 0.3) is 0 Å². The van der Waals surface area contributed by atoms with Crippen LogP contribution in [0.4, 0.5) is 8.78 Å². The molecule has 0 aromatic heterocycles. The van der Waals surface area contributed by atoms with E-state index in [0.717, 1.165) is 23.9 Å². The van der Waals surface area contributed by atoms with Crippen molar-refractivity contribution in [1.29, 1.82) is 0 Å². The van der Waals surface area contributed by atoms with Gasteiger partial charge in [-0.3, -0.25) is 4.79 Å². The summed E-state index contributed by atoms with van der Waals surface area (Å²) in [5.74, 6) is -1.90. The summed E-state index contributed by atoms with van der Waals surface area (Å²) in [5.41, 5.74) is 0. The largest absolute Gasteiger partial charge is 0.338 e. The fourth-order valence-electron chi connectivity index (χ4n) is 2.45. The molecular weight excluding hydrogens is 332 g/mol. The Morgan fingerprint density at radius 2 is 2.09 bits per heavy atom. The topological polar surface area (TPSA) is 54.5 Å². The van der Waals surface area contributed by atoms with Gasteiger partial charge in [-0.1, -0.05) is 0 Å². The molecule has 0 saturated carbocycles. The van der Waals surface area contributed by atoms with E-state index in [-0.39, 0.29) is 29.2 Å². The number of benzene rings is 1. The Balaban J connectivity index is 1.96. The summed E-state index contributed by atoms with van der Waals surface area (Å²) < 4.78 is 49.0. The number of hydrogen-bond acceptors (Lipinski definition) is 4. The minimum atomic E-state index is -3.05. The third-order valence-corrected chi connectivity index (χ3v) is 6.29. The quantitative estimate of drug-likeness (QED) is 0.764. The van der Waals surface area contributed by atoms with Crippen LogP contribution in [-0.2, 0) is 14.6 Å². The van der Waals surface area contributed by atoms with Gasteiger partial charge in [-0.15, -0.1) is 11.8 Å². The number of halogens is 2. The number of carbonyl (C=O) groups excluding carboxylic acids is 1. The Hall–Kier alpha value is -1.15. The number of thioether (sulfide) groups is 1. The Bertz CT molecular complexity index is 664. The standard InChI is InChI=1S/C14H17F2NO3S2/c1-2-17(10-5-6-22(19,20)9-10)14(18)8-21-11-3-4-12(15)13(16)7-11/h3-4,7,10H,2,5-6,8-9H2,1H3. The Morgan fingerprint density at radius 1 is 1.36 bits per heavy atom. The molecule has 0 spiro atoms. The molecule has 1 aliphatic heterocycles. The molecule has 0 bridgehead atoms. The van der Waals surface area contributed by atoms with Crippen molar-refractivity contribution in [2.75, 3.05) is 23.8 Å². The first-order valence-corrected chi connectivity index (χ1v) is 9.71. The van der Waals surface area contributed by atoms with Crippen molar-refractivity contribution in [3.63, 3.8) is 0 Å². The summed E-state index contributed by atoms with van der Waals surface area (Å²) in [6.45, 7) is 2.22. The van der Waals surface area contributed by atoms with E-state index in [1.807, 2.05) is 0 Å². The first-order chi connectivity index (χ1) is 10.3. The van der Waals surface area contributed by atoms with Gasteiger partial charge in [0, 0.05) is 17.5 Å². The lowest BCUT2D eigenvalue weighted by atomic mass is 10.2. The predicted molar refractivity (Wildman–Crippen MR) is 81.5 cm³/mol. The maximum Gasteiger partial charge on any atom is 0.233 e. The highest BCUT2D eigenvalue weighted by atomic mass is 32.2. The minimum Gasteiger partial charge on any atom is -0.338 e. The zero-order valence-electron chi connectivity index (χ0n) is 12.1. The van der Waals surface area contributed by atoms with Crippen LogP contribution in [-0.4, -0.2) is 49.1 Å². The molecule has 0 aliphatic carbocycles. The molecule has 8 heteroatoms. The van der Waals surface area contributed by atoms with Gasteiger partial charge >= 0.3 is 0 Å². The molecule has 1 aromatic rings. The van der Waals surface area contributed by atoms with E-state index in [4.69, 9.17) is 0 Å². The molecule has 122 valence electrons. The van der Waals surface area contributed by atoms with Crippen molar-refractivity contribution >= 4 is 27.5 Å². The molecule has 1 heterocycles. The van der Waals surface area contributed by atoms with Crippen molar-refractivity contribution in [2.24, 2.45) is 0 Å². The molecule has 2 rings (SSSR count). The van der Waals surface area contributed by atoms with Gasteiger partial charge in [0.2, 0.25) is 5.91 Å². The van der Waals surface area contributed by atoms with Crippen LogP contribution < -0.4 is 0 Å². The monoisotopic (exact) mass is 349 g/mol. The Kier molecular flexibility index (Phi) is 5.44. The number of carbonyl (C=O) groups is 1. The summed E-state index contributed by atoms with van der Waals surface area (Å²) in [5, 5.41) is 0. The second-order valence-corrected chi connectivity index (χ2v) is 8.38. The molecule has 1 unspecified atom stereocenters. The molecule has 1 atom stereocenters. The summed E-state index contributed by atoms with van der Waals surface area (Å²) >= 11 is 1.11. The summed E-state index contributed by atoms with van der Waals surface area (Å²) in [4.78, 5) is 14.3. The van der Waals surface area contributed by atoms with E-state index in [2.05, 4.69) is 0 Å². The van der Waals surface area contributed by atoms with Gasteiger partial charge in [-0.2, -0.15) is 0 Å². The minimum absolute atomic E-state index is 0.00240. The van der Waals surface area contributed by atoms with Crippen molar-refractivity contribution in [3.8, 4) is 0 Å². The maximum absolute atomic E-state index is 13.1. The first kappa shape index (κ1) is 17.2. The van der Waals surface area contributed by atoms with E-state index in [9.17, 15) is 22.0 Å². The molecule has 22 heavy (non-hydrogen) atoms. The fraction of sp³-hybridized carbons (Fsp3) is 0.500. The Morgan fingerprint density at radius 3 is 2.64 bits per heavy atom. The average Bonchev–Trinajstić information content (AvgIpc) is 2.81. The lowest BCUT2D eigenvalue weighted by Gasteiger charge is -2.26. The molecule has 0 N–H and O–H groups in total. The molecule has 1 amide bonds. The normalized spacial score (nSPS) is 20.0. The van der Waals surface area contributed by atoms with Crippen molar-refractivity contribution < 1.29 is 22.0 Å². The number of sulfone groups is 1. The summed E-state index contributed by atoms with van der Waals surface area (Å²) in [6, 6.07) is 3.19. The molecule has 1 aromatic carbocycles. The van der Waals surface area contributed by atoms with Crippen LogP contribution in [0.25, 0.3) is 0 Å². The first-order valence-electron chi connectivity index (χ1n) is 6.90. The van der Waals surface area contributed by atoms with Crippen molar-refractivity contribution in [1.82, 2.24) is 4.90 Å². The number of hydrogen-bond donors (Lipinski definition) is 0. The smallest absolute Gasteiger partial charge is 0.233 e. The van der Waals surface area contributed by atoms with Gasteiger partial charge in [0.05, 0.1) is 17.3 Å². The SMILES string of the molecule is CCN(C(=O)CSc1ccc(F)c(F)c1)C1CCS(=O)(=O)C1. The van der Waals surface area contributed by atoms with Gasteiger partial charge in [0.15, 0.2) is 21.5 Å². The predicted octanol–water partition coefficient (Wildman–Crippen LogP) is 2.09. The fourth-order valence-corrected chi connectivity index (χ4v) is 4.99. The van der Waals surface area contributed by atoms with E-state index in [0.29, 0.717) is 17.9 Å².